The Kier molecular flexibility index (Phi) is 4.73. The van der Waals surface area contributed by atoms with Gasteiger partial charge in [0.2, 0.25) is 5.89 Å². The third-order valence-corrected chi connectivity index (χ3v) is 5.95. The van der Waals surface area contributed by atoms with Crippen molar-refractivity contribution in [3.05, 3.63) is 46.3 Å². The first-order valence-electron chi connectivity index (χ1n) is 10.0. The van der Waals surface area contributed by atoms with Crippen molar-refractivity contribution in [1.29, 1.82) is 0 Å². The highest BCUT2D eigenvalue weighted by molar-refractivity contribution is 6.00. The van der Waals surface area contributed by atoms with Gasteiger partial charge in [0.25, 0.3) is 5.91 Å². The van der Waals surface area contributed by atoms with Crippen LogP contribution in [0.2, 0.25) is 0 Å². The van der Waals surface area contributed by atoms with Gasteiger partial charge in [-0.1, -0.05) is 43.0 Å². The second kappa shape index (κ2) is 7.08. The average molecular weight is 381 g/mol. The van der Waals surface area contributed by atoms with Gasteiger partial charge in [0.15, 0.2) is 11.6 Å². The number of nitrogens with zero attached hydrogens (tertiary/aromatic N) is 2. The molecule has 1 amide bonds. The number of aromatic nitrogens is 2. The summed E-state index contributed by atoms with van der Waals surface area (Å²) in [7, 11) is 0. The number of carbonyl (C=O) groups excluding carboxylic acids is 1. The molecule has 6 heteroatoms. The van der Waals surface area contributed by atoms with Crippen LogP contribution in [0.4, 0.5) is 0 Å². The van der Waals surface area contributed by atoms with E-state index in [-0.39, 0.29) is 5.91 Å². The summed E-state index contributed by atoms with van der Waals surface area (Å²) in [5.41, 5.74) is 3.19. The Morgan fingerprint density at radius 3 is 2.32 bits per heavy atom. The van der Waals surface area contributed by atoms with Crippen LogP contribution in [-0.2, 0) is 5.54 Å². The highest BCUT2D eigenvalue weighted by Crippen LogP contribution is 2.36. The van der Waals surface area contributed by atoms with Crippen molar-refractivity contribution in [2.24, 2.45) is 0 Å². The zero-order chi connectivity index (χ0) is 19.9. The first-order chi connectivity index (χ1) is 13.4. The fourth-order valence-corrected chi connectivity index (χ4v) is 4.40. The predicted octanol–water partition coefficient (Wildman–Crippen LogP) is 5.03. The van der Waals surface area contributed by atoms with Gasteiger partial charge < -0.3 is 14.3 Å². The largest absolute Gasteiger partial charge is 0.450 e. The molecule has 1 saturated carbocycles. The molecule has 1 aromatic carbocycles. The van der Waals surface area contributed by atoms with Gasteiger partial charge in [-0.05, 0) is 44.7 Å². The minimum Gasteiger partial charge on any atom is -0.450 e. The monoisotopic (exact) mass is 381 g/mol. The molecule has 0 radical (unpaired) electrons. The molecule has 0 bridgehead atoms. The topological polar surface area (TPSA) is 81.2 Å². The molecule has 2 aromatic heterocycles. The summed E-state index contributed by atoms with van der Waals surface area (Å²) in [5, 5.41) is 8.43. The van der Waals surface area contributed by atoms with E-state index in [0.717, 1.165) is 66.2 Å². The van der Waals surface area contributed by atoms with Crippen LogP contribution in [0.1, 0.15) is 77.5 Å². The quantitative estimate of drug-likeness (QED) is 0.644. The Labute approximate surface area is 164 Å². The third kappa shape index (κ3) is 3.11. The lowest BCUT2D eigenvalue weighted by atomic mass is 9.89. The fraction of sp³-hybridized carbons (Fsp3) is 0.500. The fourth-order valence-electron chi connectivity index (χ4n) is 4.40. The molecule has 0 spiro atoms. The Morgan fingerprint density at radius 2 is 1.71 bits per heavy atom. The van der Waals surface area contributed by atoms with E-state index >= 15 is 0 Å². The third-order valence-electron chi connectivity index (χ3n) is 5.95. The maximum Gasteiger partial charge on any atom is 0.288 e. The summed E-state index contributed by atoms with van der Waals surface area (Å²) >= 11 is 0. The Bertz CT molecular complexity index is 1020. The minimum atomic E-state index is -0.610. The van der Waals surface area contributed by atoms with Gasteiger partial charge in [-0.15, -0.1) is 0 Å². The first kappa shape index (κ1) is 18.7. The summed E-state index contributed by atoms with van der Waals surface area (Å²) in [4.78, 5) is 17.8. The number of fused-ring (bicyclic) bond motifs is 1. The number of carbonyl (C=O) groups is 1. The number of hydrogen-bond acceptors (Lipinski definition) is 5. The van der Waals surface area contributed by atoms with Gasteiger partial charge in [0.05, 0.1) is 0 Å². The van der Waals surface area contributed by atoms with Crippen molar-refractivity contribution in [2.45, 2.75) is 71.8 Å². The van der Waals surface area contributed by atoms with E-state index in [2.05, 4.69) is 21.5 Å². The van der Waals surface area contributed by atoms with Crippen molar-refractivity contribution in [1.82, 2.24) is 15.5 Å². The summed E-state index contributed by atoms with van der Waals surface area (Å²) in [6, 6.07) is 4.09. The number of amides is 1. The number of furan rings is 1. The molecule has 148 valence electrons. The maximum absolute atomic E-state index is 13.3. The number of benzene rings is 1. The normalized spacial score (nSPS) is 16.9. The zero-order valence-electron chi connectivity index (χ0n) is 17.0. The van der Waals surface area contributed by atoms with Crippen molar-refractivity contribution in [2.75, 3.05) is 0 Å². The van der Waals surface area contributed by atoms with E-state index in [0.29, 0.717) is 17.5 Å². The molecule has 1 N–H and O–H groups in total. The molecule has 28 heavy (non-hydrogen) atoms. The molecule has 2 heterocycles. The van der Waals surface area contributed by atoms with Crippen LogP contribution in [0.5, 0.6) is 0 Å². The molecule has 0 atom stereocenters. The van der Waals surface area contributed by atoms with Crippen molar-refractivity contribution >= 4 is 16.9 Å². The van der Waals surface area contributed by atoms with Crippen LogP contribution in [0.15, 0.2) is 21.1 Å². The van der Waals surface area contributed by atoms with E-state index in [1.807, 2.05) is 26.8 Å². The lowest BCUT2D eigenvalue weighted by molar-refractivity contribution is 0.0849. The number of aryl methyl sites for hydroxylation is 4. The molecule has 0 saturated heterocycles. The zero-order valence-corrected chi connectivity index (χ0v) is 17.0. The van der Waals surface area contributed by atoms with E-state index < -0.39 is 5.54 Å². The van der Waals surface area contributed by atoms with E-state index in [4.69, 9.17) is 8.94 Å². The second-order valence-electron chi connectivity index (χ2n) is 8.05. The van der Waals surface area contributed by atoms with Gasteiger partial charge in [-0.25, -0.2) is 0 Å². The number of hydrogen-bond donors (Lipinski definition) is 1. The lowest BCUT2D eigenvalue weighted by Crippen LogP contribution is -2.46. The molecular weight excluding hydrogens is 354 g/mol. The molecule has 6 nitrogen and oxygen atoms in total. The Hall–Kier alpha value is -2.63. The molecule has 4 rings (SSSR count). The van der Waals surface area contributed by atoms with Crippen molar-refractivity contribution in [3.8, 4) is 0 Å². The van der Waals surface area contributed by atoms with Crippen LogP contribution in [-0.4, -0.2) is 16.0 Å². The summed E-state index contributed by atoms with van der Waals surface area (Å²) in [5.74, 6) is 1.24. The predicted molar refractivity (Wildman–Crippen MR) is 106 cm³/mol. The molecule has 1 aliphatic carbocycles. The summed E-state index contributed by atoms with van der Waals surface area (Å²) in [6.07, 6.45) is 5.94. The first-order valence-corrected chi connectivity index (χ1v) is 10.0. The van der Waals surface area contributed by atoms with Crippen molar-refractivity contribution < 1.29 is 13.7 Å². The summed E-state index contributed by atoms with van der Waals surface area (Å²) < 4.78 is 11.3. The molecule has 1 fully saturated rings. The van der Waals surface area contributed by atoms with E-state index in [1.165, 1.54) is 0 Å². The smallest absolute Gasteiger partial charge is 0.288 e. The molecular formula is C22H27N3O3. The molecule has 1 aliphatic rings. The van der Waals surface area contributed by atoms with Crippen LogP contribution in [0.25, 0.3) is 11.0 Å². The maximum atomic E-state index is 13.3. The Balaban J connectivity index is 1.74. The highest BCUT2D eigenvalue weighted by atomic mass is 16.5. The molecule has 0 aliphatic heterocycles. The van der Waals surface area contributed by atoms with Gasteiger partial charge in [0, 0.05) is 17.9 Å². The minimum absolute atomic E-state index is 0.211. The van der Waals surface area contributed by atoms with Crippen LogP contribution >= 0.6 is 0 Å². The Morgan fingerprint density at radius 1 is 1.04 bits per heavy atom. The van der Waals surface area contributed by atoms with Gasteiger partial charge >= 0.3 is 0 Å². The van der Waals surface area contributed by atoms with Crippen LogP contribution < -0.4 is 5.32 Å². The lowest BCUT2D eigenvalue weighted by Gasteiger charge is -2.30. The van der Waals surface area contributed by atoms with Crippen LogP contribution in [0.3, 0.4) is 0 Å². The second-order valence-corrected chi connectivity index (χ2v) is 8.05. The van der Waals surface area contributed by atoms with Gasteiger partial charge in [0.1, 0.15) is 11.1 Å². The summed E-state index contributed by atoms with van der Waals surface area (Å²) in [6.45, 7) is 7.77. The van der Waals surface area contributed by atoms with Gasteiger partial charge in [-0.2, -0.15) is 4.98 Å². The van der Waals surface area contributed by atoms with Crippen LogP contribution in [0, 0.1) is 27.7 Å². The average Bonchev–Trinajstić information content (AvgIpc) is 3.17. The molecule has 3 aromatic rings. The van der Waals surface area contributed by atoms with E-state index in [9.17, 15) is 4.79 Å². The number of rotatable bonds is 3. The standard InChI is InChI=1S/C22H27N3O3/c1-13-9-10-14(2)18-17(13)15(3)19(27-18)20(26)24-22(11-7-5-6-8-12-22)21-23-16(4)28-25-21/h9-10H,5-8,11-12H2,1-4H3,(H,24,26). The SMILES string of the molecule is Cc1nc(C2(NC(=O)c3oc4c(C)ccc(C)c4c3C)CCCCCC2)no1. The van der Waals surface area contributed by atoms with E-state index in [1.54, 1.807) is 6.92 Å². The number of nitrogens with one attached hydrogen (secondary N) is 1. The van der Waals surface area contributed by atoms with Crippen molar-refractivity contribution in [3.63, 3.8) is 0 Å². The molecule has 0 unspecified atom stereocenters. The highest BCUT2D eigenvalue weighted by Gasteiger charge is 2.40. The van der Waals surface area contributed by atoms with Gasteiger partial charge in [-0.3, -0.25) is 4.79 Å².